The summed E-state index contributed by atoms with van der Waals surface area (Å²) in [6, 6.07) is 67.3. The van der Waals surface area contributed by atoms with Crippen LogP contribution in [0.5, 0.6) is 0 Å². The first-order valence-corrected chi connectivity index (χ1v) is 16.7. The molecule has 222 valence electrons. The van der Waals surface area contributed by atoms with Crippen molar-refractivity contribution in [3.05, 3.63) is 182 Å². The molecule has 10 aromatic rings. The summed E-state index contributed by atoms with van der Waals surface area (Å²) < 4.78 is 0. The lowest BCUT2D eigenvalue weighted by Gasteiger charge is -2.18. The van der Waals surface area contributed by atoms with Gasteiger partial charge in [-0.2, -0.15) is 0 Å². The Morgan fingerprint density at radius 3 is 1.27 bits per heavy atom. The van der Waals surface area contributed by atoms with E-state index in [9.17, 15) is 0 Å². The van der Waals surface area contributed by atoms with Crippen molar-refractivity contribution in [1.82, 2.24) is 0 Å². The van der Waals surface area contributed by atoms with E-state index in [0.717, 1.165) is 0 Å². The van der Waals surface area contributed by atoms with Crippen molar-refractivity contribution in [3.8, 4) is 33.4 Å². The molecule has 0 unspecified atom stereocenters. The SMILES string of the molecule is c1ccc2cc(-c3ccc4ccc(-c5ccc6ccccc6c5)c(-c5ccc6c7ccccc7c7ccccc7c6c5)c4c3)ccc2c1. The predicted molar refractivity (Wildman–Crippen MR) is 208 cm³/mol. The molecule has 0 aliphatic carbocycles. The summed E-state index contributed by atoms with van der Waals surface area (Å²) in [5.41, 5.74) is 7.42. The fourth-order valence-electron chi connectivity index (χ4n) is 7.84. The summed E-state index contributed by atoms with van der Waals surface area (Å²) in [6.45, 7) is 0. The Morgan fingerprint density at radius 2 is 0.625 bits per heavy atom. The number of hydrogen-bond donors (Lipinski definition) is 0. The molecule has 0 bridgehead atoms. The maximum absolute atomic E-state index is 2.44. The Balaban J connectivity index is 1.28. The van der Waals surface area contributed by atoms with Crippen LogP contribution in [-0.2, 0) is 0 Å². The maximum Gasteiger partial charge on any atom is -0.00264 e. The first-order valence-electron chi connectivity index (χ1n) is 16.7. The average molecular weight is 607 g/mol. The van der Waals surface area contributed by atoms with E-state index in [1.165, 1.54) is 98.0 Å². The summed E-state index contributed by atoms with van der Waals surface area (Å²) in [6.07, 6.45) is 0. The summed E-state index contributed by atoms with van der Waals surface area (Å²) in [7, 11) is 0. The summed E-state index contributed by atoms with van der Waals surface area (Å²) in [5, 5.41) is 15.3. The summed E-state index contributed by atoms with van der Waals surface area (Å²) in [5.74, 6) is 0. The molecule has 0 heteroatoms. The highest BCUT2D eigenvalue weighted by atomic mass is 14.2. The van der Waals surface area contributed by atoms with Crippen LogP contribution in [0.1, 0.15) is 0 Å². The van der Waals surface area contributed by atoms with Gasteiger partial charge in [-0.3, -0.25) is 0 Å². The Hall–Kier alpha value is -6.24. The molecular weight excluding hydrogens is 577 g/mol. The molecule has 0 aliphatic heterocycles. The van der Waals surface area contributed by atoms with Gasteiger partial charge in [0, 0.05) is 0 Å². The van der Waals surface area contributed by atoms with Gasteiger partial charge < -0.3 is 0 Å². The molecule has 0 atom stereocenters. The molecule has 0 heterocycles. The Kier molecular flexibility index (Phi) is 5.98. The van der Waals surface area contributed by atoms with Crippen molar-refractivity contribution in [2.45, 2.75) is 0 Å². The normalized spacial score (nSPS) is 11.8. The van der Waals surface area contributed by atoms with E-state index in [0.29, 0.717) is 0 Å². The third-order valence-electron chi connectivity index (χ3n) is 10.2. The van der Waals surface area contributed by atoms with Crippen LogP contribution >= 0.6 is 0 Å². The van der Waals surface area contributed by atoms with Crippen LogP contribution in [0.25, 0.3) is 98.0 Å². The number of fused-ring (bicyclic) bond motifs is 9. The Morgan fingerprint density at radius 1 is 0.208 bits per heavy atom. The van der Waals surface area contributed by atoms with Crippen molar-refractivity contribution in [1.29, 1.82) is 0 Å². The molecule has 0 amide bonds. The largest absolute Gasteiger partial charge is 0.0616 e. The molecule has 0 saturated heterocycles. The van der Waals surface area contributed by atoms with E-state index in [2.05, 4.69) is 182 Å². The van der Waals surface area contributed by atoms with Gasteiger partial charge in [0.15, 0.2) is 0 Å². The maximum atomic E-state index is 2.44. The van der Waals surface area contributed by atoms with Gasteiger partial charge in [-0.05, 0) is 122 Å². The zero-order valence-corrected chi connectivity index (χ0v) is 26.3. The van der Waals surface area contributed by atoms with Crippen LogP contribution in [-0.4, -0.2) is 0 Å². The zero-order chi connectivity index (χ0) is 31.6. The zero-order valence-electron chi connectivity index (χ0n) is 26.3. The van der Waals surface area contributed by atoms with Crippen LogP contribution in [0.15, 0.2) is 182 Å². The molecule has 0 aromatic heterocycles. The highest BCUT2D eigenvalue weighted by Gasteiger charge is 2.16. The molecule has 48 heavy (non-hydrogen) atoms. The Labute approximate surface area is 279 Å². The molecule has 0 spiro atoms. The van der Waals surface area contributed by atoms with Crippen LogP contribution in [0.3, 0.4) is 0 Å². The third-order valence-corrected chi connectivity index (χ3v) is 10.2. The molecule has 0 nitrogen and oxygen atoms in total. The monoisotopic (exact) mass is 606 g/mol. The van der Waals surface area contributed by atoms with E-state index >= 15 is 0 Å². The lowest BCUT2D eigenvalue weighted by Crippen LogP contribution is -1.91. The minimum atomic E-state index is 1.22. The van der Waals surface area contributed by atoms with Crippen molar-refractivity contribution in [2.24, 2.45) is 0 Å². The fourth-order valence-corrected chi connectivity index (χ4v) is 7.84. The standard InChI is InChI=1S/C48H30/c1-3-11-34-27-36(20-17-31(34)9-1)37-21-19-33-23-25-40(38-22-18-32-10-2-4-12-35(32)28-38)48(46(33)29-37)39-24-26-45-43-15-6-5-13-41(43)42-14-7-8-16-44(42)47(45)30-39/h1-30H. The second-order valence-corrected chi connectivity index (χ2v) is 12.9. The first kappa shape index (κ1) is 26.9. The van der Waals surface area contributed by atoms with Gasteiger partial charge in [-0.25, -0.2) is 0 Å². The van der Waals surface area contributed by atoms with Crippen LogP contribution in [0.4, 0.5) is 0 Å². The van der Waals surface area contributed by atoms with Gasteiger partial charge in [0.25, 0.3) is 0 Å². The van der Waals surface area contributed by atoms with Crippen LogP contribution < -0.4 is 0 Å². The molecule has 10 rings (SSSR count). The van der Waals surface area contributed by atoms with Gasteiger partial charge in [0.2, 0.25) is 0 Å². The van der Waals surface area contributed by atoms with Crippen molar-refractivity contribution < 1.29 is 0 Å². The lowest BCUT2D eigenvalue weighted by atomic mass is 9.86. The van der Waals surface area contributed by atoms with Gasteiger partial charge >= 0.3 is 0 Å². The van der Waals surface area contributed by atoms with E-state index in [1.807, 2.05) is 0 Å². The third kappa shape index (κ3) is 4.24. The molecule has 10 aromatic carbocycles. The molecule has 0 saturated carbocycles. The van der Waals surface area contributed by atoms with E-state index < -0.39 is 0 Å². The van der Waals surface area contributed by atoms with Gasteiger partial charge in [-0.1, -0.05) is 158 Å². The van der Waals surface area contributed by atoms with Gasteiger partial charge in [-0.15, -0.1) is 0 Å². The molecule has 0 fully saturated rings. The topological polar surface area (TPSA) is 0 Å². The summed E-state index contributed by atoms with van der Waals surface area (Å²) in [4.78, 5) is 0. The molecule has 0 aliphatic rings. The molecular formula is C48H30. The first-order chi connectivity index (χ1) is 23.8. The fraction of sp³-hybridized carbons (Fsp3) is 0. The van der Waals surface area contributed by atoms with Gasteiger partial charge in [0.05, 0.1) is 0 Å². The van der Waals surface area contributed by atoms with E-state index in [-0.39, 0.29) is 0 Å². The van der Waals surface area contributed by atoms with E-state index in [1.54, 1.807) is 0 Å². The lowest BCUT2D eigenvalue weighted by molar-refractivity contribution is 1.63. The minimum absolute atomic E-state index is 1.22. The van der Waals surface area contributed by atoms with Crippen LogP contribution in [0.2, 0.25) is 0 Å². The highest BCUT2D eigenvalue weighted by Crippen LogP contribution is 2.43. The van der Waals surface area contributed by atoms with Crippen molar-refractivity contribution in [3.63, 3.8) is 0 Å². The Bertz CT molecular complexity index is 2850. The van der Waals surface area contributed by atoms with Gasteiger partial charge in [0.1, 0.15) is 0 Å². The van der Waals surface area contributed by atoms with E-state index in [4.69, 9.17) is 0 Å². The molecule has 0 radical (unpaired) electrons. The second-order valence-electron chi connectivity index (χ2n) is 12.9. The quantitative estimate of drug-likeness (QED) is 0.176. The van der Waals surface area contributed by atoms with Crippen molar-refractivity contribution in [2.75, 3.05) is 0 Å². The number of rotatable bonds is 3. The smallest absolute Gasteiger partial charge is 0.00264 e. The van der Waals surface area contributed by atoms with Crippen molar-refractivity contribution >= 4 is 64.6 Å². The number of benzene rings is 10. The highest BCUT2D eigenvalue weighted by molar-refractivity contribution is 6.26. The number of hydrogen-bond acceptors (Lipinski definition) is 0. The average Bonchev–Trinajstić information content (AvgIpc) is 3.16. The second kappa shape index (κ2) is 10.7. The predicted octanol–water partition coefficient (Wildman–Crippen LogP) is 13.6. The molecule has 0 N–H and O–H groups in total. The minimum Gasteiger partial charge on any atom is -0.0616 e. The summed E-state index contributed by atoms with van der Waals surface area (Å²) >= 11 is 0. The van der Waals surface area contributed by atoms with Crippen LogP contribution in [0, 0.1) is 0 Å².